The Hall–Kier alpha value is -1.15. The van der Waals surface area contributed by atoms with E-state index in [2.05, 4.69) is 5.32 Å². The standard InChI is InChI=1S/C14H20N2O4S/c1-19-12-4-2-11(3-5-12)10-16-13-8-15-9-14(13)20-6-7-21(16,17)18/h2-5,13-15H,6-10H2,1H3/t13-,14+/m1/s1. The van der Waals surface area contributed by atoms with Gasteiger partial charge in [-0.25, -0.2) is 8.42 Å². The minimum atomic E-state index is -3.29. The number of benzene rings is 1. The second kappa shape index (κ2) is 5.92. The molecule has 0 aromatic heterocycles. The Labute approximate surface area is 125 Å². The van der Waals surface area contributed by atoms with Crippen LogP contribution in [0.4, 0.5) is 0 Å². The second-order valence-electron chi connectivity index (χ2n) is 5.34. The first kappa shape index (κ1) is 14.8. The number of hydrogen-bond acceptors (Lipinski definition) is 5. The van der Waals surface area contributed by atoms with Gasteiger partial charge < -0.3 is 14.8 Å². The molecule has 0 unspecified atom stereocenters. The molecule has 0 saturated carbocycles. The number of sulfonamides is 1. The maximum Gasteiger partial charge on any atom is 0.217 e. The maximum atomic E-state index is 12.5. The average molecular weight is 312 g/mol. The number of hydrogen-bond donors (Lipinski definition) is 1. The van der Waals surface area contributed by atoms with Gasteiger partial charge in [-0.3, -0.25) is 0 Å². The molecular weight excluding hydrogens is 292 g/mol. The molecule has 2 fully saturated rings. The number of fused-ring (bicyclic) bond motifs is 1. The summed E-state index contributed by atoms with van der Waals surface area (Å²) in [5, 5.41) is 3.21. The molecule has 1 N–H and O–H groups in total. The van der Waals surface area contributed by atoms with Crippen molar-refractivity contribution in [2.75, 3.05) is 32.6 Å². The molecule has 2 aliphatic heterocycles. The summed E-state index contributed by atoms with van der Waals surface area (Å²) in [7, 11) is -1.68. The fourth-order valence-corrected chi connectivity index (χ4v) is 4.36. The van der Waals surface area contributed by atoms with Crippen LogP contribution in [0, 0.1) is 0 Å². The molecule has 1 aromatic carbocycles. The Kier molecular flexibility index (Phi) is 4.17. The fraction of sp³-hybridized carbons (Fsp3) is 0.571. The molecule has 0 spiro atoms. The number of ether oxygens (including phenoxy) is 2. The van der Waals surface area contributed by atoms with E-state index >= 15 is 0 Å². The van der Waals surface area contributed by atoms with E-state index in [-0.39, 0.29) is 24.5 Å². The lowest BCUT2D eigenvalue weighted by Gasteiger charge is -2.28. The van der Waals surface area contributed by atoms with Crippen LogP contribution in [0.15, 0.2) is 24.3 Å². The third-order valence-electron chi connectivity index (χ3n) is 4.03. The molecule has 0 radical (unpaired) electrons. The van der Waals surface area contributed by atoms with E-state index in [1.165, 1.54) is 0 Å². The molecule has 21 heavy (non-hydrogen) atoms. The zero-order valence-corrected chi connectivity index (χ0v) is 12.8. The van der Waals surface area contributed by atoms with Crippen molar-refractivity contribution in [3.05, 3.63) is 29.8 Å². The highest BCUT2D eigenvalue weighted by Crippen LogP contribution is 2.24. The van der Waals surface area contributed by atoms with Crippen molar-refractivity contribution in [1.82, 2.24) is 9.62 Å². The molecule has 0 aliphatic carbocycles. The molecule has 0 amide bonds. The highest BCUT2D eigenvalue weighted by atomic mass is 32.2. The van der Waals surface area contributed by atoms with Gasteiger partial charge >= 0.3 is 0 Å². The Balaban J connectivity index is 1.85. The largest absolute Gasteiger partial charge is 0.497 e. The molecular formula is C14H20N2O4S. The van der Waals surface area contributed by atoms with Crippen LogP contribution in [0.2, 0.25) is 0 Å². The Morgan fingerprint density at radius 3 is 2.81 bits per heavy atom. The molecule has 116 valence electrons. The predicted molar refractivity (Wildman–Crippen MR) is 78.7 cm³/mol. The highest BCUT2D eigenvalue weighted by Gasteiger charge is 2.41. The van der Waals surface area contributed by atoms with Gasteiger partial charge in [0, 0.05) is 19.6 Å². The highest BCUT2D eigenvalue weighted by molar-refractivity contribution is 7.89. The van der Waals surface area contributed by atoms with Crippen LogP contribution in [-0.2, 0) is 21.3 Å². The monoisotopic (exact) mass is 312 g/mol. The van der Waals surface area contributed by atoms with Gasteiger partial charge in [0.05, 0.1) is 31.6 Å². The van der Waals surface area contributed by atoms with E-state index < -0.39 is 10.0 Å². The zero-order chi connectivity index (χ0) is 14.9. The fourth-order valence-electron chi connectivity index (χ4n) is 2.85. The summed E-state index contributed by atoms with van der Waals surface area (Å²) in [5.41, 5.74) is 0.951. The van der Waals surface area contributed by atoms with E-state index in [9.17, 15) is 8.42 Å². The predicted octanol–water partition coefficient (Wildman–Crippen LogP) is 0.198. The molecule has 2 heterocycles. The molecule has 3 rings (SSSR count). The first-order chi connectivity index (χ1) is 10.1. The normalized spacial score (nSPS) is 28.8. The number of nitrogens with one attached hydrogen (secondary N) is 1. The number of nitrogens with zero attached hydrogens (tertiary/aromatic N) is 1. The molecule has 7 heteroatoms. The third-order valence-corrected chi connectivity index (χ3v) is 5.82. The van der Waals surface area contributed by atoms with Crippen molar-refractivity contribution in [2.24, 2.45) is 0 Å². The smallest absolute Gasteiger partial charge is 0.217 e. The van der Waals surface area contributed by atoms with Crippen molar-refractivity contribution >= 4 is 10.0 Å². The molecule has 2 saturated heterocycles. The molecule has 1 aromatic rings. The van der Waals surface area contributed by atoms with Gasteiger partial charge in [0.2, 0.25) is 10.0 Å². The molecule has 6 nitrogen and oxygen atoms in total. The van der Waals surface area contributed by atoms with E-state index in [1.54, 1.807) is 11.4 Å². The van der Waals surface area contributed by atoms with Crippen LogP contribution in [0.5, 0.6) is 5.75 Å². The van der Waals surface area contributed by atoms with Crippen LogP contribution < -0.4 is 10.1 Å². The summed E-state index contributed by atoms with van der Waals surface area (Å²) in [6, 6.07) is 7.37. The van der Waals surface area contributed by atoms with Gasteiger partial charge in [-0.2, -0.15) is 4.31 Å². The van der Waals surface area contributed by atoms with E-state index in [0.717, 1.165) is 11.3 Å². The molecule has 2 aliphatic rings. The number of methoxy groups -OCH3 is 1. The van der Waals surface area contributed by atoms with Crippen LogP contribution in [0.3, 0.4) is 0 Å². The van der Waals surface area contributed by atoms with Crippen molar-refractivity contribution < 1.29 is 17.9 Å². The SMILES string of the molecule is COc1ccc(CN2[C@@H]3CNC[C@@H]3OCCS2(=O)=O)cc1. The summed E-state index contributed by atoms with van der Waals surface area (Å²) >= 11 is 0. The van der Waals surface area contributed by atoms with Crippen molar-refractivity contribution in [1.29, 1.82) is 0 Å². The summed E-state index contributed by atoms with van der Waals surface area (Å²) in [5.74, 6) is 0.817. The Bertz CT molecular complexity index is 587. The molecule has 2 atom stereocenters. The Morgan fingerprint density at radius 1 is 1.33 bits per heavy atom. The summed E-state index contributed by atoms with van der Waals surface area (Å²) in [4.78, 5) is 0. The Morgan fingerprint density at radius 2 is 2.10 bits per heavy atom. The molecule has 0 bridgehead atoms. The lowest BCUT2D eigenvalue weighted by Crippen LogP contribution is -2.45. The van der Waals surface area contributed by atoms with E-state index in [1.807, 2.05) is 24.3 Å². The quantitative estimate of drug-likeness (QED) is 0.863. The van der Waals surface area contributed by atoms with E-state index in [4.69, 9.17) is 9.47 Å². The van der Waals surface area contributed by atoms with Crippen molar-refractivity contribution in [3.8, 4) is 5.75 Å². The van der Waals surface area contributed by atoms with Gasteiger partial charge in [0.25, 0.3) is 0 Å². The number of rotatable bonds is 3. The topological polar surface area (TPSA) is 67.9 Å². The van der Waals surface area contributed by atoms with Gasteiger partial charge in [-0.15, -0.1) is 0 Å². The van der Waals surface area contributed by atoms with Crippen LogP contribution in [-0.4, -0.2) is 57.4 Å². The van der Waals surface area contributed by atoms with Gasteiger partial charge in [0.1, 0.15) is 5.75 Å². The zero-order valence-electron chi connectivity index (χ0n) is 12.0. The summed E-state index contributed by atoms with van der Waals surface area (Å²) < 4.78 is 37.3. The van der Waals surface area contributed by atoms with Gasteiger partial charge in [-0.05, 0) is 17.7 Å². The minimum Gasteiger partial charge on any atom is -0.497 e. The third kappa shape index (κ3) is 3.06. The second-order valence-corrected chi connectivity index (χ2v) is 7.39. The van der Waals surface area contributed by atoms with Crippen molar-refractivity contribution in [3.63, 3.8) is 0 Å². The van der Waals surface area contributed by atoms with Crippen molar-refractivity contribution in [2.45, 2.75) is 18.7 Å². The first-order valence-electron chi connectivity index (χ1n) is 7.05. The lowest BCUT2D eigenvalue weighted by molar-refractivity contribution is 0.0495. The first-order valence-corrected chi connectivity index (χ1v) is 8.66. The van der Waals surface area contributed by atoms with Gasteiger partial charge in [0.15, 0.2) is 0 Å². The van der Waals surface area contributed by atoms with Crippen LogP contribution in [0.1, 0.15) is 5.56 Å². The minimum absolute atomic E-state index is 0.0517. The lowest BCUT2D eigenvalue weighted by atomic mass is 10.1. The van der Waals surface area contributed by atoms with Crippen LogP contribution in [0.25, 0.3) is 0 Å². The maximum absolute atomic E-state index is 12.5. The van der Waals surface area contributed by atoms with E-state index in [0.29, 0.717) is 19.6 Å². The van der Waals surface area contributed by atoms with Crippen LogP contribution >= 0.6 is 0 Å². The summed E-state index contributed by atoms with van der Waals surface area (Å²) in [6.07, 6.45) is -0.0551. The van der Waals surface area contributed by atoms with Gasteiger partial charge in [-0.1, -0.05) is 12.1 Å². The summed E-state index contributed by atoms with van der Waals surface area (Å²) in [6.45, 7) is 1.99. The average Bonchev–Trinajstić information content (AvgIpc) is 2.89.